The summed E-state index contributed by atoms with van der Waals surface area (Å²) in [5.74, 6) is -4.07. The van der Waals surface area contributed by atoms with Gasteiger partial charge in [-0.25, -0.2) is 0 Å². The van der Waals surface area contributed by atoms with E-state index in [1.54, 1.807) is 0 Å². The molecule has 2 aromatic carbocycles. The third-order valence-corrected chi connectivity index (χ3v) is 12.3. The van der Waals surface area contributed by atoms with Gasteiger partial charge in [-0.1, -0.05) is 0 Å². The zero-order chi connectivity index (χ0) is 34.5. The van der Waals surface area contributed by atoms with Crippen molar-refractivity contribution in [3.05, 3.63) is 47.5 Å². The maximum absolute atomic E-state index is 16.6. The van der Waals surface area contributed by atoms with Crippen LogP contribution in [0.3, 0.4) is 0 Å². The van der Waals surface area contributed by atoms with Crippen LogP contribution in [0.15, 0.2) is 24.3 Å². The van der Waals surface area contributed by atoms with Crippen molar-refractivity contribution in [1.82, 2.24) is 0 Å². The number of anilines is 2. The summed E-state index contributed by atoms with van der Waals surface area (Å²) in [6.45, 7) is 11.4. The van der Waals surface area contributed by atoms with Gasteiger partial charge in [-0.15, -0.1) is 0 Å². The van der Waals surface area contributed by atoms with Gasteiger partial charge in [-0.3, -0.25) is 0 Å². The van der Waals surface area contributed by atoms with Gasteiger partial charge in [-0.05, 0) is 0 Å². The summed E-state index contributed by atoms with van der Waals surface area (Å²) in [5.41, 5.74) is -1.58. The fourth-order valence-electron chi connectivity index (χ4n) is 7.55. The monoisotopic (exact) mass is 692 g/mol. The molecule has 0 atom stereocenters. The van der Waals surface area contributed by atoms with E-state index in [1.165, 1.54) is 21.9 Å². The van der Waals surface area contributed by atoms with E-state index < -0.39 is 53.3 Å². The van der Waals surface area contributed by atoms with E-state index in [9.17, 15) is 9.59 Å². The number of amides is 2. The van der Waals surface area contributed by atoms with Crippen LogP contribution in [0.1, 0.15) is 131 Å². The van der Waals surface area contributed by atoms with Crippen LogP contribution >= 0.6 is 0 Å². The molecule has 4 rings (SSSR count). The molecule has 2 aliphatic carbocycles. The molecule has 2 amide bonds. The summed E-state index contributed by atoms with van der Waals surface area (Å²) in [4.78, 5) is 31.1. The quantitative estimate of drug-likeness (QED) is 0.164. The molecule has 4 nitrogen and oxygen atoms in total. The first-order chi connectivity index (χ1) is 22.2. The second-order valence-corrected chi connectivity index (χ2v) is 16.8. The molecule has 2 saturated carbocycles. The third-order valence-electron chi connectivity index (χ3n) is 10.1. The van der Waals surface area contributed by atoms with Crippen LogP contribution in [0.5, 0.6) is 0 Å². The standard InChI is InChI=1S/2C19H26F2NO.Ti/c2*1-4-12-19(2,3)18(23)22(15-8-6-5-7-9-15)17-11-10-14(20)13-16(17)21;/h2*10-11,15H,4-9,12H2,1-3H3;. The summed E-state index contributed by atoms with van der Waals surface area (Å²) in [5, 5.41) is 0. The Labute approximate surface area is 288 Å². The van der Waals surface area contributed by atoms with Crippen LogP contribution < -0.4 is 17.5 Å². The minimum absolute atomic E-state index is 0.0245. The van der Waals surface area contributed by atoms with Crippen molar-refractivity contribution in [3.8, 4) is 0 Å². The van der Waals surface area contributed by atoms with Crippen LogP contribution in [0.2, 0.25) is 0 Å². The van der Waals surface area contributed by atoms with Crippen molar-refractivity contribution in [2.24, 2.45) is 10.8 Å². The van der Waals surface area contributed by atoms with Gasteiger partial charge in [0.1, 0.15) is 0 Å². The number of nitrogens with zero attached hydrogens (tertiary/aromatic N) is 2. The van der Waals surface area contributed by atoms with Gasteiger partial charge >= 0.3 is 289 Å². The molecule has 0 N–H and O–H groups in total. The molecule has 2 fully saturated rings. The second-order valence-electron chi connectivity index (χ2n) is 14.8. The number of rotatable bonds is 12. The van der Waals surface area contributed by atoms with Crippen LogP contribution in [0.25, 0.3) is 0 Å². The van der Waals surface area contributed by atoms with E-state index in [1.807, 2.05) is 41.5 Å². The van der Waals surface area contributed by atoms with E-state index in [2.05, 4.69) is 0 Å². The zero-order valence-corrected chi connectivity index (χ0v) is 30.6. The maximum atomic E-state index is 16.6. The molecule has 0 spiro atoms. The number of benzene rings is 2. The molecule has 47 heavy (non-hydrogen) atoms. The van der Waals surface area contributed by atoms with Gasteiger partial charge in [0.25, 0.3) is 0 Å². The SMILES string of the molecule is CCCC(C)(C)C(=O)N(c1ccc(F)[c]([Ti][c]2c(F)ccc(N(C(=O)C(C)(C)CCC)C3CCCCC3)c2F)c1F)C1CCCCC1. The fourth-order valence-corrected chi connectivity index (χ4v) is 9.31. The van der Waals surface area contributed by atoms with Gasteiger partial charge in [0.05, 0.1) is 0 Å². The molecule has 0 saturated heterocycles. The van der Waals surface area contributed by atoms with Gasteiger partial charge in [0, 0.05) is 0 Å². The van der Waals surface area contributed by atoms with Crippen LogP contribution in [-0.4, -0.2) is 23.9 Å². The predicted molar refractivity (Wildman–Crippen MR) is 178 cm³/mol. The topological polar surface area (TPSA) is 40.6 Å². The van der Waals surface area contributed by atoms with Crippen molar-refractivity contribution >= 4 is 30.9 Å². The van der Waals surface area contributed by atoms with Crippen molar-refractivity contribution < 1.29 is 46.3 Å². The molecule has 2 aliphatic rings. The number of hydrogen-bond donors (Lipinski definition) is 0. The van der Waals surface area contributed by atoms with Gasteiger partial charge in [0.15, 0.2) is 0 Å². The Kier molecular flexibility index (Phi) is 12.8. The summed E-state index contributed by atoms with van der Waals surface area (Å²) in [7, 11) is 0. The average Bonchev–Trinajstić information content (AvgIpc) is 3.04. The molecular formula is C38H52F4N2O2Ti. The molecule has 0 aromatic heterocycles. The number of carbonyl (C=O) groups excluding carboxylic acids is 2. The predicted octanol–water partition coefficient (Wildman–Crippen LogP) is 9.26. The summed E-state index contributed by atoms with van der Waals surface area (Å²) >= 11 is -2.25. The Morgan fingerprint density at radius 2 is 0.979 bits per heavy atom. The summed E-state index contributed by atoms with van der Waals surface area (Å²) < 4.78 is 63.6. The molecule has 0 unspecified atom stereocenters. The van der Waals surface area contributed by atoms with E-state index in [4.69, 9.17) is 0 Å². The normalized spacial score (nSPS) is 16.6. The van der Waals surface area contributed by atoms with Crippen molar-refractivity contribution in [1.29, 1.82) is 0 Å². The molecule has 9 heteroatoms. The number of halogens is 4. The number of carbonyl (C=O) groups is 2. The average molecular weight is 693 g/mol. The summed E-state index contributed by atoms with van der Waals surface area (Å²) in [6.07, 6.45) is 11.3. The summed E-state index contributed by atoms with van der Waals surface area (Å²) in [6, 6.07) is 4.38. The molecule has 0 heterocycles. The van der Waals surface area contributed by atoms with Crippen LogP contribution in [0, 0.1) is 34.1 Å². The Balaban J connectivity index is 1.81. The molecule has 0 aliphatic heterocycles. The molecular weight excluding hydrogens is 640 g/mol. The third kappa shape index (κ3) is 8.34. The first kappa shape index (κ1) is 37.6. The minimum atomic E-state index is -2.25. The van der Waals surface area contributed by atoms with Gasteiger partial charge in [0.2, 0.25) is 0 Å². The molecule has 0 radical (unpaired) electrons. The Hall–Kier alpha value is -2.19. The van der Waals surface area contributed by atoms with Crippen molar-refractivity contribution in [2.45, 2.75) is 144 Å². The van der Waals surface area contributed by atoms with Gasteiger partial charge < -0.3 is 0 Å². The number of hydrogen-bond acceptors (Lipinski definition) is 2. The molecule has 2 aromatic rings. The van der Waals surface area contributed by atoms with E-state index >= 15 is 17.6 Å². The Morgan fingerprint density at radius 1 is 0.638 bits per heavy atom. The second kappa shape index (κ2) is 16.0. The van der Waals surface area contributed by atoms with Crippen molar-refractivity contribution in [3.63, 3.8) is 0 Å². The molecule has 258 valence electrons. The van der Waals surface area contributed by atoms with Gasteiger partial charge in [-0.2, -0.15) is 0 Å². The molecule has 0 bridgehead atoms. The van der Waals surface area contributed by atoms with E-state index in [-0.39, 0.29) is 43.0 Å². The Bertz CT molecular complexity index is 1310. The Morgan fingerprint density at radius 3 is 1.30 bits per heavy atom. The first-order valence-corrected chi connectivity index (χ1v) is 19.2. The zero-order valence-electron chi connectivity index (χ0n) is 29.1. The fraction of sp³-hybridized carbons (Fsp3) is 0.632. The van der Waals surface area contributed by atoms with E-state index in [0.29, 0.717) is 38.5 Å². The van der Waals surface area contributed by atoms with Crippen LogP contribution in [0.4, 0.5) is 28.9 Å². The van der Waals surface area contributed by atoms with E-state index in [0.717, 1.165) is 63.5 Å². The first-order valence-electron chi connectivity index (χ1n) is 17.7. The van der Waals surface area contributed by atoms with Crippen molar-refractivity contribution in [2.75, 3.05) is 9.80 Å². The van der Waals surface area contributed by atoms with Crippen LogP contribution in [-0.2, 0) is 28.7 Å².